The molecule has 0 heterocycles. The SMILES string of the molecule is C=C(C)C1=C[C@@H]2C(=O)[C@@]3(CC[C@H]4[C@]3(C)CCC[C@]4(C)C(=O)O)[C@H]1C[C@]2(C)c1ccc2c(c1)CC[C@H]1[C@@](C)(C(=O)O)CCC[C@]21C. The highest BCUT2D eigenvalue weighted by Crippen LogP contribution is 2.75. The number of carbonyl (C=O) groups excluding carboxylic acids is 1. The zero-order chi connectivity index (χ0) is 32.5. The summed E-state index contributed by atoms with van der Waals surface area (Å²) in [4.78, 5) is 40.4. The summed E-state index contributed by atoms with van der Waals surface area (Å²) in [6, 6.07) is 6.92. The fourth-order valence-electron chi connectivity index (χ4n) is 13.2. The van der Waals surface area contributed by atoms with E-state index in [4.69, 9.17) is 0 Å². The third-order valence-electron chi connectivity index (χ3n) is 15.6. The van der Waals surface area contributed by atoms with E-state index in [0.29, 0.717) is 12.2 Å². The van der Waals surface area contributed by atoms with Gasteiger partial charge in [0.15, 0.2) is 0 Å². The Morgan fingerprint density at radius 2 is 1.49 bits per heavy atom. The average Bonchev–Trinajstić information content (AvgIpc) is 3.29. The van der Waals surface area contributed by atoms with Gasteiger partial charge in [-0.1, -0.05) is 70.0 Å². The van der Waals surface area contributed by atoms with Crippen molar-refractivity contribution in [2.24, 2.45) is 45.3 Å². The van der Waals surface area contributed by atoms with Gasteiger partial charge in [0.2, 0.25) is 0 Å². The molecule has 7 aliphatic carbocycles. The molecule has 0 unspecified atom stereocenters. The van der Waals surface area contributed by atoms with Crippen LogP contribution in [0.3, 0.4) is 0 Å². The molecule has 4 fully saturated rings. The van der Waals surface area contributed by atoms with E-state index in [0.717, 1.165) is 69.8 Å². The zero-order valence-electron chi connectivity index (χ0n) is 28.2. The lowest BCUT2D eigenvalue weighted by molar-refractivity contribution is -0.173. The van der Waals surface area contributed by atoms with E-state index in [-0.39, 0.29) is 39.9 Å². The number of ketones is 1. The summed E-state index contributed by atoms with van der Waals surface area (Å²) in [5, 5.41) is 20.7. The second-order valence-corrected chi connectivity index (χ2v) is 17.4. The Kier molecular flexibility index (Phi) is 6.49. The predicted octanol–water partition coefficient (Wildman–Crippen LogP) is 8.44. The van der Waals surface area contributed by atoms with Gasteiger partial charge in [-0.05, 0) is 129 Å². The molecule has 242 valence electrons. The first-order valence-corrected chi connectivity index (χ1v) is 17.5. The minimum Gasteiger partial charge on any atom is -0.481 e. The Labute approximate surface area is 268 Å². The number of allylic oxidation sites excluding steroid dienone is 3. The smallest absolute Gasteiger partial charge is 0.309 e. The number of hydrogen-bond acceptors (Lipinski definition) is 3. The molecule has 10 atom stereocenters. The molecule has 0 aromatic heterocycles. The molecule has 1 spiro atoms. The number of carbonyl (C=O) groups is 3. The Morgan fingerprint density at radius 3 is 2.13 bits per heavy atom. The summed E-state index contributed by atoms with van der Waals surface area (Å²) in [7, 11) is 0. The van der Waals surface area contributed by atoms with Gasteiger partial charge >= 0.3 is 11.9 Å². The van der Waals surface area contributed by atoms with E-state index in [1.807, 2.05) is 13.8 Å². The van der Waals surface area contributed by atoms with E-state index >= 15 is 4.79 Å². The summed E-state index contributed by atoms with van der Waals surface area (Å²) in [5.41, 5.74) is 3.17. The molecule has 0 radical (unpaired) electrons. The van der Waals surface area contributed by atoms with Gasteiger partial charge in [0, 0.05) is 16.7 Å². The molecule has 7 aliphatic rings. The summed E-state index contributed by atoms with van der Waals surface area (Å²) >= 11 is 0. The molecule has 2 N–H and O–H groups in total. The zero-order valence-corrected chi connectivity index (χ0v) is 28.2. The first kappa shape index (κ1) is 30.9. The highest BCUT2D eigenvalue weighted by molar-refractivity contribution is 5.95. The quantitative estimate of drug-likeness (QED) is 0.356. The Morgan fingerprint density at radius 1 is 0.844 bits per heavy atom. The van der Waals surface area contributed by atoms with Crippen molar-refractivity contribution in [2.45, 2.75) is 123 Å². The summed E-state index contributed by atoms with van der Waals surface area (Å²) in [6.07, 6.45) is 11.5. The molecule has 8 rings (SSSR count). The topological polar surface area (TPSA) is 91.7 Å². The van der Waals surface area contributed by atoms with Crippen molar-refractivity contribution in [3.05, 3.63) is 58.7 Å². The first-order chi connectivity index (χ1) is 21.0. The van der Waals surface area contributed by atoms with Gasteiger partial charge in [-0.25, -0.2) is 0 Å². The van der Waals surface area contributed by atoms with Crippen LogP contribution in [0.5, 0.6) is 0 Å². The number of aryl methyl sites for hydroxylation is 1. The second kappa shape index (κ2) is 9.44. The largest absolute Gasteiger partial charge is 0.481 e. The van der Waals surface area contributed by atoms with Crippen molar-refractivity contribution >= 4 is 17.7 Å². The monoisotopic (exact) mass is 612 g/mol. The second-order valence-electron chi connectivity index (χ2n) is 17.4. The van der Waals surface area contributed by atoms with Crippen LogP contribution in [0.1, 0.15) is 122 Å². The molecule has 1 aromatic carbocycles. The number of benzene rings is 1. The summed E-state index contributed by atoms with van der Waals surface area (Å²) in [5.74, 6) is -1.20. The van der Waals surface area contributed by atoms with Crippen LogP contribution in [0, 0.1) is 45.3 Å². The van der Waals surface area contributed by atoms with E-state index in [2.05, 4.69) is 58.5 Å². The van der Waals surface area contributed by atoms with Crippen LogP contribution >= 0.6 is 0 Å². The van der Waals surface area contributed by atoms with Crippen LogP contribution in [-0.4, -0.2) is 27.9 Å². The van der Waals surface area contributed by atoms with E-state index in [9.17, 15) is 19.8 Å². The number of Topliss-reactive ketones (excluding diaryl/α,β-unsaturated/α-hetero) is 1. The lowest BCUT2D eigenvalue weighted by Crippen LogP contribution is -2.64. The van der Waals surface area contributed by atoms with E-state index in [1.165, 1.54) is 22.3 Å². The summed E-state index contributed by atoms with van der Waals surface area (Å²) in [6.45, 7) is 17.2. The van der Waals surface area contributed by atoms with Crippen molar-refractivity contribution in [2.75, 3.05) is 0 Å². The molecule has 5 heteroatoms. The molecule has 1 aromatic rings. The van der Waals surface area contributed by atoms with Crippen LogP contribution in [0.4, 0.5) is 0 Å². The molecule has 45 heavy (non-hydrogen) atoms. The summed E-state index contributed by atoms with van der Waals surface area (Å²) < 4.78 is 0. The third-order valence-corrected chi connectivity index (χ3v) is 15.6. The Balaban J connectivity index is 1.30. The van der Waals surface area contributed by atoms with E-state index in [1.54, 1.807) is 0 Å². The van der Waals surface area contributed by atoms with Gasteiger partial charge < -0.3 is 10.2 Å². The van der Waals surface area contributed by atoms with Crippen molar-refractivity contribution in [1.82, 2.24) is 0 Å². The maximum atomic E-state index is 15.2. The van der Waals surface area contributed by atoms with Crippen LogP contribution in [0.2, 0.25) is 0 Å². The number of fused-ring (bicyclic) bond motifs is 5. The fourth-order valence-corrected chi connectivity index (χ4v) is 13.2. The molecule has 0 aliphatic heterocycles. The van der Waals surface area contributed by atoms with Crippen molar-refractivity contribution in [3.8, 4) is 0 Å². The van der Waals surface area contributed by atoms with Gasteiger partial charge in [0.05, 0.1) is 10.8 Å². The van der Waals surface area contributed by atoms with Crippen molar-refractivity contribution in [1.29, 1.82) is 0 Å². The lowest BCUT2D eigenvalue weighted by atomic mass is 9.38. The Bertz CT molecular complexity index is 1570. The van der Waals surface area contributed by atoms with Crippen LogP contribution in [-0.2, 0) is 31.6 Å². The molecule has 5 nitrogen and oxygen atoms in total. The van der Waals surface area contributed by atoms with Gasteiger partial charge in [0.25, 0.3) is 0 Å². The number of aliphatic carboxylic acids is 2. The van der Waals surface area contributed by atoms with E-state index < -0.39 is 28.2 Å². The highest BCUT2D eigenvalue weighted by Gasteiger charge is 2.74. The molecule has 2 bridgehead atoms. The van der Waals surface area contributed by atoms with Gasteiger partial charge in [-0.15, -0.1) is 0 Å². The molecule has 0 saturated heterocycles. The van der Waals surface area contributed by atoms with Gasteiger partial charge in [-0.3, -0.25) is 14.4 Å². The van der Waals surface area contributed by atoms with Crippen molar-refractivity contribution < 1.29 is 24.6 Å². The normalized spacial score (nSPS) is 46.6. The Hall–Kier alpha value is -2.69. The highest BCUT2D eigenvalue weighted by atomic mass is 16.4. The predicted molar refractivity (Wildman–Crippen MR) is 175 cm³/mol. The maximum absolute atomic E-state index is 15.2. The van der Waals surface area contributed by atoms with Crippen LogP contribution in [0.15, 0.2) is 42.0 Å². The molecular weight excluding hydrogens is 560 g/mol. The molecule has 4 saturated carbocycles. The first-order valence-electron chi connectivity index (χ1n) is 17.5. The van der Waals surface area contributed by atoms with Gasteiger partial charge in [0.1, 0.15) is 5.78 Å². The van der Waals surface area contributed by atoms with Crippen LogP contribution in [0.25, 0.3) is 0 Å². The maximum Gasteiger partial charge on any atom is 0.309 e. The lowest BCUT2D eigenvalue weighted by Gasteiger charge is -2.63. The number of hydrogen-bond donors (Lipinski definition) is 2. The fraction of sp³-hybridized carbons (Fsp3) is 0.675. The molecular formula is C40H52O5. The minimum atomic E-state index is -0.799. The minimum absolute atomic E-state index is 0.0124. The van der Waals surface area contributed by atoms with Gasteiger partial charge in [-0.2, -0.15) is 0 Å². The third kappa shape index (κ3) is 3.59. The number of carboxylic acids is 2. The van der Waals surface area contributed by atoms with Crippen molar-refractivity contribution in [3.63, 3.8) is 0 Å². The van der Waals surface area contributed by atoms with Crippen LogP contribution < -0.4 is 0 Å². The molecule has 0 amide bonds. The number of rotatable bonds is 4. The average molecular weight is 613 g/mol. The number of carboxylic acid groups (broad SMARTS) is 2. The standard InChI is InChI=1S/C40H52O5/c1-23(2)26-21-28-32(41)40(19-14-31-37(5,34(44)45)17-9-18-39(31,40)7)29(26)22-38(28,6)25-11-12-27-24(20-25)10-13-30-35(27,3)15-8-16-36(30,4)33(42)43/h11-12,20-21,28-31H,1,8-10,13-19,22H2,2-7H3,(H,42,43)(H,44,45)/t28-,29+,30-,31-,35-,36+,37+,38-,39+,40-/m1/s1.